The third-order valence-corrected chi connectivity index (χ3v) is 2.63. The molecule has 17 heavy (non-hydrogen) atoms. The molecule has 1 N–H and O–H groups in total. The van der Waals surface area contributed by atoms with Gasteiger partial charge in [0.25, 0.3) is 0 Å². The van der Waals surface area contributed by atoms with Gasteiger partial charge >= 0.3 is 12.1 Å². The van der Waals surface area contributed by atoms with Crippen molar-refractivity contribution < 1.29 is 18.0 Å². The zero-order valence-electron chi connectivity index (χ0n) is 8.85. The maximum Gasteiger partial charge on any atom is 0.471 e. The van der Waals surface area contributed by atoms with E-state index >= 15 is 0 Å². The minimum Gasteiger partial charge on any atom is -0.318 e. The zero-order valence-corrected chi connectivity index (χ0v) is 10.4. The third-order valence-electron chi connectivity index (χ3n) is 2.07. The van der Waals surface area contributed by atoms with Crippen LogP contribution in [0.3, 0.4) is 0 Å². The normalized spacial score (nSPS) is 11.3. The molecule has 1 amide bonds. The van der Waals surface area contributed by atoms with E-state index in [1.165, 1.54) is 12.1 Å². The predicted molar refractivity (Wildman–Crippen MR) is 63.2 cm³/mol. The van der Waals surface area contributed by atoms with Crippen molar-refractivity contribution in [2.45, 2.75) is 19.0 Å². The number of amides is 1. The molecule has 1 rings (SSSR count). The summed E-state index contributed by atoms with van der Waals surface area (Å²) in [7, 11) is 0. The number of aryl methyl sites for hydroxylation is 1. The van der Waals surface area contributed by atoms with E-state index in [1.807, 2.05) is 0 Å². The lowest BCUT2D eigenvalue weighted by atomic mass is 10.1. The summed E-state index contributed by atoms with van der Waals surface area (Å²) >= 11 is 3.29. The van der Waals surface area contributed by atoms with Crippen LogP contribution in [-0.4, -0.2) is 17.4 Å². The molecule has 0 fully saturated rings. The Morgan fingerprint density at radius 3 is 2.29 bits per heavy atom. The van der Waals surface area contributed by atoms with Crippen LogP contribution in [-0.2, 0) is 11.2 Å². The van der Waals surface area contributed by atoms with Crippen molar-refractivity contribution in [1.29, 1.82) is 0 Å². The Labute approximate surface area is 105 Å². The quantitative estimate of drug-likeness (QED) is 0.847. The molecule has 0 heterocycles. The Hall–Kier alpha value is -1.04. The maximum atomic E-state index is 12.0. The minimum atomic E-state index is -4.85. The van der Waals surface area contributed by atoms with Gasteiger partial charge in [0.15, 0.2) is 0 Å². The molecular formula is C11H11BrF3NO. The smallest absolute Gasteiger partial charge is 0.318 e. The van der Waals surface area contributed by atoms with Crippen LogP contribution in [0.4, 0.5) is 18.9 Å². The van der Waals surface area contributed by atoms with Gasteiger partial charge in [0.1, 0.15) is 0 Å². The number of alkyl halides is 4. The fraction of sp³-hybridized carbons (Fsp3) is 0.364. The van der Waals surface area contributed by atoms with Crippen molar-refractivity contribution in [3.8, 4) is 0 Å². The van der Waals surface area contributed by atoms with Crippen LogP contribution < -0.4 is 5.32 Å². The summed E-state index contributed by atoms with van der Waals surface area (Å²) < 4.78 is 35.9. The van der Waals surface area contributed by atoms with Gasteiger partial charge in [-0.25, -0.2) is 0 Å². The van der Waals surface area contributed by atoms with Crippen molar-refractivity contribution in [3.63, 3.8) is 0 Å². The largest absolute Gasteiger partial charge is 0.471 e. The van der Waals surface area contributed by atoms with Crippen LogP contribution in [0.15, 0.2) is 24.3 Å². The Morgan fingerprint density at radius 2 is 1.82 bits per heavy atom. The molecule has 0 atom stereocenters. The van der Waals surface area contributed by atoms with Crippen molar-refractivity contribution in [1.82, 2.24) is 0 Å². The van der Waals surface area contributed by atoms with E-state index in [0.29, 0.717) is 0 Å². The molecular weight excluding hydrogens is 299 g/mol. The van der Waals surface area contributed by atoms with Crippen LogP contribution in [0, 0.1) is 0 Å². The molecule has 0 saturated heterocycles. The summed E-state index contributed by atoms with van der Waals surface area (Å²) in [4.78, 5) is 10.6. The standard InChI is InChI=1S/C11H11BrF3NO/c12-7-1-2-8-3-5-9(6-4-8)16-10(17)11(13,14)15/h3-6H,1-2,7H2,(H,16,17). The highest BCUT2D eigenvalue weighted by atomic mass is 79.9. The first kappa shape index (κ1) is 14.0. The summed E-state index contributed by atoms with van der Waals surface area (Å²) in [5.41, 5.74) is 1.17. The van der Waals surface area contributed by atoms with Crippen LogP contribution in [0.1, 0.15) is 12.0 Å². The number of hydrogen-bond acceptors (Lipinski definition) is 1. The van der Waals surface area contributed by atoms with Crippen LogP contribution in [0.5, 0.6) is 0 Å². The van der Waals surface area contributed by atoms with Gasteiger partial charge in [-0.2, -0.15) is 13.2 Å². The van der Waals surface area contributed by atoms with E-state index in [4.69, 9.17) is 0 Å². The van der Waals surface area contributed by atoms with Gasteiger partial charge in [-0.1, -0.05) is 28.1 Å². The summed E-state index contributed by atoms with van der Waals surface area (Å²) in [6.45, 7) is 0. The molecule has 0 aromatic heterocycles. The SMILES string of the molecule is O=C(Nc1ccc(CCCBr)cc1)C(F)(F)F. The molecule has 0 radical (unpaired) electrons. The Bertz CT molecular complexity index is 375. The first-order valence-corrected chi connectivity index (χ1v) is 6.08. The third kappa shape index (κ3) is 4.77. The topological polar surface area (TPSA) is 29.1 Å². The van der Waals surface area contributed by atoms with Gasteiger partial charge in [0, 0.05) is 11.0 Å². The van der Waals surface area contributed by atoms with Crippen molar-refractivity contribution >= 4 is 27.5 Å². The van der Waals surface area contributed by atoms with E-state index in [0.717, 1.165) is 23.7 Å². The molecule has 1 aromatic rings. The van der Waals surface area contributed by atoms with Crippen LogP contribution >= 0.6 is 15.9 Å². The number of halogens is 4. The van der Waals surface area contributed by atoms with E-state index in [1.54, 1.807) is 17.4 Å². The lowest BCUT2D eigenvalue weighted by molar-refractivity contribution is -0.167. The Morgan fingerprint density at radius 1 is 1.24 bits per heavy atom. The van der Waals surface area contributed by atoms with Gasteiger partial charge in [-0.05, 0) is 30.5 Å². The Balaban J connectivity index is 2.59. The molecule has 2 nitrogen and oxygen atoms in total. The van der Waals surface area contributed by atoms with Gasteiger partial charge < -0.3 is 5.32 Å². The molecule has 0 aliphatic rings. The molecule has 0 aliphatic carbocycles. The van der Waals surface area contributed by atoms with Crippen LogP contribution in [0.25, 0.3) is 0 Å². The molecule has 0 aliphatic heterocycles. The monoisotopic (exact) mass is 309 g/mol. The molecule has 1 aromatic carbocycles. The molecule has 94 valence electrons. The van der Waals surface area contributed by atoms with Crippen molar-refractivity contribution in [2.75, 3.05) is 10.6 Å². The van der Waals surface area contributed by atoms with E-state index in [9.17, 15) is 18.0 Å². The fourth-order valence-electron chi connectivity index (χ4n) is 1.23. The number of benzene rings is 1. The van der Waals surface area contributed by atoms with E-state index in [2.05, 4.69) is 15.9 Å². The molecule has 0 bridgehead atoms. The number of carbonyl (C=O) groups is 1. The summed E-state index contributed by atoms with van der Waals surface area (Å²) in [6.07, 6.45) is -3.05. The number of nitrogens with one attached hydrogen (secondary N) is 1. The number of carbonyl (C=O) groups excluding carboxylic acids is 1. The van der Waals surface area contributed by atoms with Gasteiger partial charge in [0.05, 0.1) is 0 Å². The first-order valence-electron chi connectivity index (χ1n) is 4.96. The first-order chi connectivity index (χ1) is 7.93. The average Bonchev–Trinajstić information content (AvgIpc) is 2.27. The number of hydrogen-bond donors (Lipinski definition) is 1. The molecule has 0 saturated carbocycles. The molecule has 0 unspecified atom stereocenters. The van der Waals surface area contributed by atoms with Crippen LogP contribution in [0.2, 0.25) is 0 Å². The highest BCUT2D eigenvalue weighted by Gasteiger charge is 2.38. The van der Waals surface area contributed by atoms with E-state index in [-0.39, 0.29) is 5.69 Å². The van der Waals surface area contributed by atoms with Crippen molar-refractivity contribution in [3.05, 3.63) is 29.8 Å². The summed E-state index contributed by atoms with van der Waals surface area (Å²) in [6, 6.07) is 6.34. The lowest BCUT2D eigenvalue weighted by Crippen LogP contribution is -2.29. The second kappa shape index (κ2) is 6.05. The van der Waals surface area contributed by atoms with E-state index < -0.39 is 12.1 Å². The second-order valence-electron chi connectivity index (χ2n) is 3.44. The second-order valence-corrected chi connectivity index (χ2v) is 4.23. The van der Waals surface area contributed by atoms with Gasteiger partial charge in [-0.15, -0.1) is 0 Å². The number of anilines is 1. The zero-order chi connectivity index (χ0) is 12.9. The van der Waals surface area contributed by atoms with Crippen molar-refractivity contribution in [2.24, 2.45) is 0 Å². The predicted octanol–water partition coefficient (Wildman–Crippen LogP) is 3.51. The average molecular weight is 310 g/mol. The van der Waals surface area contributed by atoms with Gasteiger partial charge in [0.2, 0.25) is 0 Å². The highest BCUT2D eigenvalue weighted by Crippen LogP contribution is 2.18. The Kier molecular flexibility index (Phi) is 4.99. The minimum absolute atomic E-state index is 0.148. The summed E-state index contributed by atoms with van der Waals surface area (Å²) in [5.74, 6) is -1.95. The lowest BCUT2D eigenvalue weighted by Gasteiger charge is -2.08. The summed E-state index contributed by atoms with van der Waals surface area (Å²) in [5, 5.41) is 2.67. The van der Waals surface area contributed by atoms with Gasteiger partial charge in [-0.3, -0.25) is 4.79 Å². The number of rotatable bonds is 4. The molecule has 6 heteroatoms. The molecule has 0 spiro atoms. The highest BCUT2D eigenvalue weighted by molar-refractivity contribution is 9.09. The fourth-order valence-corrected chi connectivity index (χ4v) is 1.51. The maximum absolute atomic E-state index is 12.0.